The number of carbonyl (C=O) groups excluding carboxylic acids is 1. The van der Waals surface area contributed by atoms with Crippen molar-refractivity contribution in [1.29, 1.82) is 0 Å². The van der Waals surface area contributed by atoms with Gasteiger partial charge in [-0.2, -0.15) is 0 Å². The predicted octanol–water partition coefficient (Wildman–Crippen LogP) is 2.09. The molecular formula is C14H19FN2O. The van der Waals surface area contributed by atoms with Gasteiger partial charge in [0.1, 0.15) is 5.82 Å². The average Bonchev–Trinajstić information content (AvgIpc) is 2.28. The van der Waals surface area contributed by atoms with Crippen LogP contribution in [-0.4, -0.2) is 29.4 Å². The topological polar surface area (TPSA) is 46.3 Å². The zero-order chi connectivity index (χ0) is 13.3. The second kappa shape index (κ2) is 4.69. The van der Waals surface area contributed by atoms with Crippen molar-refractivity contribution in [2.24, 2.45) is 5.73 Å². The SMILES string of the molecule is CCCC1(N)CN(C(=O)c2cc(F)ccc2C)C1. The third-order valence-electron chi connectivity index (χ3n) is 3.48. The van der Waals surface area contributed by atoms with Crippen molar-refractivity contribution >= 4 is 5.91 Å². The first-order chi connectivity index (χ1) is 8.45. The molecule has 18 heavy (non-hydrogen) atoms. The number of benzene rings is 1. The minimum absolute atomic E-state index is 0.121. The number of nitrogens with two attached hydrogens (primary N) is 1. The van der Waals surface area contributed by atoms with Gasteiger partial charge < -0.3 is 10.6 Å². The normalized spacial score (nSPS) is 17.4. The Morgan fingerprint density at radius 3 is 2.78 bits per heavy atom. The summed E-state index contributed by atoms with van der Waals surface area (Å²) in [6.07, 6.45) is 1.93. The number of hydrogen-bond donors (Lipinski definition) is 1. The Morgan fingerprint density at radius 2 is 2.17 bits per heavy atom. The van der Waals surface area contributed by atoms with Gasteiger partial charge in [-0.15, -0.1) is 0 Å². The molecule has 1 aromatic rings. The Kier molecular flexibility index (Phi) is 3.39. The summed E-state index contributed by atoms with van der Waals surface area (Å²) in [4.78, 5) is 13.9. The molecule has 4 heteroatoms. The molecule has 0 spiro atoms. The summed E-state index contributed by atoms with van der Waals surface area (Å²) >= 11 is 0. The number of aryl methyl sites for hydroxylation is 1. The van der Waals surface area contributed by atoms with E-state index in [0.29, 0.717) is 18.7 Å². The lowest BCUT2D eigenvalue weighted by atomic mass is 9.85. The van der Waals surface area contributed by atoms with Gasteiger partial charge in [0.05, 0.1) is 5.54 Å². The zero-order valence-corrected chi connectivity index (χ0v) is 10.9. The van der Waals surface area contributed by atoms with Crippen molar-refractivity contribution in [2.75, 3.05) is 13.1 Å². The summed E-state index contributed by atoms with van der Waals surface area (Å²) < 4.78 is 13.2. The number of amides is 1. The summed E-state index contributed by atoms with van der Waals surface area (Å²) in [5, 5.41) is 0. The van der Waals surface area contributed by atoms with E-state index in [-0.39, 0.29) is 17.3 Å². The summed E-state index contributed by atoms with van der Waals surface area (Å²) in [5.74, 6) is -0.499. The van der Waals surface area contributed by atoms with Crippen LogP contribution in [0.25, 0.3) is 0 Å². The fourth-order valence-corrected chi connectivity index (χ4v) is 2.51. The lowest BCUT2D eigenvalue weighted by Gasteiger charge is -2.48. The van der Waals surface area contributed by atoms with Crippen LogP contribution in [0.3, 0.4) is 0 Å². The van der Waals surface area contributed by atoms with Gasteiger partial charge in [0, 0.05) is 18.7 Å². The van der Waals surface area contributed by atoms with Crippen LogP contribution in [0, 0.1) is 12.7 Å². The number of rotatable bonds is 3. The molecule has 1 aliphatic heterocycles. The summed E-state index contributed by atoms with van der Waals surface area (Å²) in [7, 11) is 0. The molecule has 1 aromatic carbocycles. The van der Waals surface area contributed by atoms with E-state index in [2.05, 4.69) is 6.92 Å². The first-order valence-electron chi connectivity index (χ1n) is 6.29. The second-order valence-electron chi connectivity index (χ2n) is 5.23. The maximum Gasteiger partial charge on any atom is 0.254 e. The third kappa shape index (κ3) is 2.38. The largest absolute Gasteiger partial charge is 0.335 e. The first kappa shape index (κ1) is 13.0. The van der Waals surface area contributed by atoms with Crippen LogP contribution < -0.4 is 5.73 Å². The van der Waals surface area contributed by atoms with Crippen molar-refractivity contribution in [1.82, 2.24) is 4.90 Å². The van der Waals surface area contributed by atoms with E-state index < -0.39 is 0 Å². The van der Waals surface area contributed by atoms with E-state index in [9.17, 15) is 9.18 Å². The summed E-state index contributed by atoms with van der Waals surface area (Å²) in [5.41, 5.74) is 7.11. The molecule has 2 rings (SSSR count). The van der Waals surface area contributed by atoms with Crippen molar-refractivity contribution < 1.29 is 9.18 Å². The number of halogens is 1. The molecule has 98 valence electrons. The van der Waals surface area contributed by atoms with Crippen molar-refractivity contribution in [3.63, 3.8) is 0 Å². The van der Waals surface area contributed by atoms with E-state index in [0.717, 1.165) is 18.4 Å². The van der Waals surface area contributed by atoms with E-state index in [1.165, 1.54) is 12.1 Å². The van der Waals surface area contributed by atoms with Crippen molar-refractivity contribution in [3.05, 3.63) is 35.1 Å². The molecule has 0 radical (unpaired) electrons. The number of nitrogens with zero attached hydrogens (tertiary/aromatic N) is 1. The van der Waals surface area contributed by atoms with Crippen LogP contribution in [0.2, 0.25) is 0 Å². The molecule has 2 N–H and O–H groups in total. The maximum atomic E-state index is 13.2. The van der Waals surface area contributed by atoms with Crippen molar-refractivity contribution in [3.8, 4) is 0 Å². The zero-order valence-electron chi connectivity index (χ0n) is 10.9. The Morgan fingerprint density at radius 1 is 1.50 bits per heavy atom. The van der Waals surface area contributed by atoms with E-state index in [1.54, 1.807) is 11.0 Å². The molecule has 0 saturated carbocycles. The van der Waals surface area contributed by atoms with Gasteiger partial charge in [0.25, 0.3) is 5.91 Å². The fraction of sp³-hybridized carbons (Fsp3) is 0.500. The molecular weight excluding hydrogens is 231 g/mol. The van der Waals surface area contributed by atoms with Gasteiger partial charge in [-0.3, -0.25) is 4.79 Å². The van der Waals surface area contributed by atoms with Crippen LogP contribution >= 0.6 is 0 Å². The standard InChI is InChI=1S/C14H19FN2O/c1-3-6-14(16)8-17(9-14)13(18)12-7-11(15)5-4-10(12)2/h4-5,7H,3,6,8-9,16H2,1-2H3. The third-order valence-corrected chi connectivity index (χ3v) is 3.48. The van der Waals surface area contributed by atoms with E-state index in [4.69, 9.17) is 5.73 Å². The van der Waals surface area contributed by atoms with E-state index >= 15 is 0 Å². The first-order valence-corrected chi connectivity index (χ1v) is 6.29. The molecule has 0 atom stereocenters. The lowest BCUT2D eigenvalue weighted by molar-refractivity contribution is 0.0385. The molecule has 0 unspecified atom stereocenters. The van der Waals surface area contributed by atoms with Gasteiger partial charge in [0.2, 0.25) is 0 Å². The Hall–Kier alpha value is -1.42. The molecule has 0 aromatic heterocycles. The van der Waals surface area contributed by atoms with Gasteiger partial charge in [-0.05, 0) is 31.0 Å². The van der Waals surface area contributed by atoms with Gasteiger partial charge in [-0.25, -0.2) is 4.39 Å². The predicted molar refractivity (Wildman–Crippen MR) is 68.9 cm³/mol. The monoisotopic (exact) mass is 250 g/mol. The van der Waals surface area contributed by atoms with Gasteiger partial charge in [0.15, 0.2) is 0 Å². The molecule has 1 aliphatic rings. The van der Waals surface area contributed by atoms with Gasteiger partial charge in [-0.1, -0.05) is 19.4 Å². The molecule has 1 fully saturated rings. The Labute approximate surface area is 107 Å². The minimum Gasteiger partial charge on any atom is -0.335 e. The Bertz CT molecular complexity index is 467. The lowest BCUT2D eigenvalue weighted by Crippen LogP contribution is -2.68. The van der Waals surface area contributed by atoms with Crippen LogP contribution in [0.5, 0.6) is 0 Å². The Balaban J connectivity index is 2.08. The molecule has 1 heterocycles. The minimum atomic E-state index is -0.378. The molecule has 1 amide bonds. The molecule has 0 aliphatic carbocycles. The summed E-state index contributed by atoms with van der Waals surface area (Å²) in [6, 6.07) is 4.30. The van der Waals surface area contributed by atoms with Crippen molar-refractivity contribution in [2.45, 2.75) is 32.2 Å². The number of hydrogen-bond acceptors (Lipinski definition) is 2. The van der Waals surface area contributed by atoms with Crippen LogP contribution in [0.1, 0.15) is 35.7 Å². The molecule has 1 saturated heterocycles. The highest BCUT2D eigenvalue weighted by molar-refractivity contribution is 5.96. The van der Waals surface area contributed by atoms with Crippen LogP contribution in [0.4, 0.5) is 4.39 Å². The molecule has 0 bridgehead atoms. The highest BCUT2D eigenvalue weighted by Crippen LogP contribution is 2.26. The smallest absolute Gasteiger partial charge is 0.254 e. The number of carbonyl (C=O) groups is 1. The van der Waals surface area contributed by atoms with Gasteiger partial charge >= 0.3 is 0 Å². The van der Waals surface area contributed by atoms with Crippen LogP contribution in [0.15, 0.2) is 18.2 Å². The number of likely N-dealkylation sites (tertiary alicyclic amines) is 1. The quantitative estimate of drug-likeness (QED) is 0.892. The highest BCUT2D eigenvalue weighted by Gasteiger charge is 2.41. The highest BCUT2D eigenvalue weighted by atomic mass is 19.1. The van der Waals surface area contributed by atoms with Crippen LogP contribution in [-0.2, 0) is 0 Å². The summed E-state index contributed by atoms with van der Waals surface area (Å²) in [6.45, 7) is 5.02. The second-order valence-corrected chi connectivity index (χ2v) is 5.23. The maximum absolute atomic E-state index is 13.2. The average molecular weight is 250 g/mol. The van der Waals surface area contributed by atoms with E-state index in [1.807, 2.05) is 6.92 Å². The molecule has 3 nitrogen and oxygen atoms in total. The fourth-order valence-electron chi connectivity index (χ4n) is 2.51.